The van der Waals surface area contributed by atoms with Crippen LogP contribution in [0, 0.1) is 4.91 Å². The molecule has 0 heterocycles. The second kappa shape index (κ2) is 8.42. The summed E-state index contributed by atoms with van der Waals surface area (Å²) in [5, 5.41) is 6.72. The fraction of sp³-hybridized carbons (Fsp3) is 0.933. The van der Waals surface area contributed by atoms with Gasteiger partial charge in [-0.3, -0.25) is 4.21 Å². The summed E-state index contributed by atoms with van der Waals surface area (Å²) in [5.41, 5.74) is -1.01. The van der Waals surface area contributed by atoms with Crippen LogP contribution in [-0.4, -0.2) is 43.2 Å². The number of carbonyl (C=O) groups is 1. The largest absolute Gasteiger partial charge is 0.341 e. The second-order valence-corrected chi connectivity index (χ2v) is 9.48. The average Bonchev–Trinajstić information content (AvgIpc) is 2.48. The predicted molar refractivity (Wildman–Crippen MR) is 94.9 cm³/mol. The van der Waals surface area contributed by atoms with Crippen LogP contribution in [0.1, 0.15) is 59.8 Å². The van der Waals surface area contributed by atoms with Crippen molar-refractivity contribution in [2.75, 3.05) is 11.6 Å². The third-order valence-corrected chi connectivity index (χ3v) is 7.67. The number of nitrogens with zero attached hydrogens (tertiary/aromatic N) is 2. The smallest absolute Gasteiger partial charge is 0.334 e. The Labute approximate surface area is 146 Å². The zero-order valence-electron chi connectivity index (χ0n) is 14.4. The monoisotopic (exact) mass is 365 g/mol. The number of carbonyl (C=O) groups excluding carboxylic acids is 1. The molecule has 0 bridgehead atoms. The molecule has 8 heteroatoms. The van der Waals surface area contributed by atoms with Gasteiger partial charge >= 0.3 is 6.03 Å². The lowest BCUT2D eigenvalue weighted by molar-refractivity contribution is 0.109. The van der Waals surface area contributed by atoms with Crippen molar-refractivity contribution in [1.82, 2.24) is 10.3 Å². The van der Waals surface area contributed by atoms with Gasteiger partial charge in [-0.05, 0) is 40.5 Å². The highest BCUT2D eigenvalue weighted by Gasteiger charge is 2.49. The SMILES string of the molecule is CC(C)(N(N=O)C(=O)NC1CCCCC1)C(C)(C)S(=O)CCCl. The van der Waals surface area contributed by atoms with Crippen molar-refractivity contribution in [3.05, 3.63) is 4.91 Å². The summed E-state index contributed by atoms with van der Waals surface area (Å²) in [6.07, 6.45) is 5.17. The summed E-state index contributed by atoms with van der Waals surface area (Å²) >= 11 is 5.69. The molecule has 23 heavy (non-hydrogen) atoms. The molecule has 6 nitrogen and oxygen atoms in total. The van der Waals surface area contributed by atoms with Crippen molar-refractivity contribution in [3.8, 4) is 0 Å². The van der Waals surface area contributed by atoms with Gasteiger partial charge in [0.1, 0.15) is 0 Å². The quantitative estimate of drug-likeness (QED) is 0.425. The molecule has 1 N–H and O–H groups in total. The maximum Gasteiger partial charge on any atom is 0.341 e. The maximum atomic E-state index is 12.5. The topological polar surface area (TPSA) is 78.8 Å². The van der Waals surface area contributed by atoms with Gasteiger partial charge in [-0.25, -0.2) is 4.79 Å². The van der Waals surface area contributed by atoms with Crippen molar-refractivity contribution in [3.63, 3.8) is 0 Å². The molecule has 0 aromatic heterocycles. The van der Waals surface area contributed by atoms with E-state index in [4.69, 9.17) is 11.6 Å². The van der Waals surface area contributed by atoms with Crippen LogP contribution in [-0.2, 0) is 10.8 Å². The van der Waals surface area contributed by atoms with Gasteiger partial charge in [-0.1, -0.05) is 19.3 Å². The lowest BCUT2D eigenvalue weighted by atomic mass is 9.89. The Hall–Kier alpha value is -0.690. The summed E-state index contributed by atoms with van der Waals surface area (Å²) in [7, 11) is -1.30. The Bertz CT molecular complexity index is 451. The number of rotatable bonds is 7. The van der Waals surface area contributed by atoms with Crippen molar-refractivity contribution >= 4 is 28.4 Å². The van der Waals surface area contributed by atoms with Crippen LogP contribution < -0.4 is 5.32 Å². The maximum absolute atomic E-state index is 12.5. The summed E-state index contributed by atoms with van der Waals surface area (Å²) in [6, 6.07) is -0.444. The zero-order valence-corrected chi connectivity index (χ0v) is 16.0. The van der Waals surface area contributed by atoms with Gasteiger partial charge in [0.2, 0.25) is 0 Å². The molecule has 0 aromatic rings. The molecule has 0 aromatic carbocycles. The highest BCUT2D eigenvalue weighted by Crippen LogP contribution is 2.34. The van der Waals surface area contributed by atoms with Gasteiger partial charge < -0.3 is 5.32 Å². The molecule has 1 aliphatic carbocycles. The van der Waals surface area contributed by atoms with Crippen LogP contribution in [0.4, 0.5) is 4.79 Å². The fourth-order valence-corrected chi connectivity index (χ4v) is 4.45. The highest BCUT2D eigenvalue weighted by atomic mass is 35.5. The molecule has 0 spiro atoms. The van der Waals surface area contributed by atoms with Gasteiger partial charge in [-0.2, -0.15) is 5.01 Å². The third kappa shape index (κ3) is 4.66. The number of nitroso groups, excluding NO2 is 1. The van der Waals surface area contributed by atoms with Crippen LogP contribution in [0.25, 0.3) is 0 Å². The molecule has 2 amide bonds. The highest BCUT2D eigenvalue weighted by molar-refractivity contribution is 7.86. The Morgan fingerprint density at radius 3 is 2.30 bits per heavy atom. The van der Waals surface area contributed by atoms with Crippen LogP contribution in [0.2, 0.25) is 0 Å². The summed E-state index contributed by atoms with van der Waals surface area (Å²) in [4.78, 5) is 23.9. The molecule has 0 aliphatic heterocycles. The fourth-order valence-electron chi connectivity index (χ4n) is 2.73. The van der Waals surface area contributed by atoms with Gasteiger partial charge in [0, 0.05) is 28.5 Å². The molecule has 1 unspecified atom stereocenters. The second-order valence-electron chi connectivity index (χ2n) is 6.99. The lowest BCUT2D eigenvalue weighted by Crippen LogP contribution is -2.62. The summed E-state index contributed by atoms with van der Waals surface area (Å²) in [6.45, 7) is 6.95. The van der Waals surface area contributed by atoms with E-state index in [0.29, 0.717) is 5.75 Å². The summed E-state index contributed by atoms with van der Waals surface area (Å²) < 4.78 is 11.6. The normalized spacial score (nSPS) is 18.3. The number of hydrogen-bond acceptors (Lipinski definition) is 4. The first-order chi connectivity index (χ1) is 10.7. The Kier molecular flexibility index (Phi) is 7.45. The third-order valence-electron chi connectivity index (χ3n) is 5.04. The van der Waals surface area contributed by atoms with E-state index in [1.54, 1.807) is 27.7 Å². The number of hydrogen-bond donors (Lipinski definition) is 1. The first-order valence-corrected chi connectivity index (χ1v) is 9.92. The minimum atomic E-state index is -1.30. The number of amides is 2. The molecule has 1 rings (SSSR count). The average molecular weight is 366 g/mol. The van der Waals surface area contributed by atoms with E-state index < -0.39 is 27.1 Å². The number of alkyl halides is 1. The molecular formula is C15H28ClN3O3S. The minimum Gasteiger partial charge on any atom is -0.334 e. The van der Waals surface area contributed by atoms with Crippen molar-refractivity contribution in [2.45, 2.75) is 76.1 Å². The van der Waals surface area contributed by atoms with E-state index >= 15 is 0 Å². The van der Waals surface area contributed by atoms with Crippen LogP contribution >= 0.6 is 11.6 Å². The molecular weight excluding hydrogens is 338 g/mol. The predicted octanol–water partition coefficient (Wildman–Crippen LogP) is 3.56. The lowest BCUT2D eigenvalue weighted by Gasteiger charge is -2.44. The standard InChI is InChI=1S/C15H28ClN3O3S/c1-14(2,15(3,4)23(22)11-10-16)19(18-21)13(20)17-12-8-6-5-7-9-12/h12H,5-11H2,1-4H3,(H,17,20). The first kappa shape index (κ1) is 20.4. The number of nitrogens with one attached hydrogen (secondary N) is 1. The van der Waals surface area contributed by atoms with Gasteiger partial charge in [0.05, 0.1) is 15.6 Å². The van der Waals surface area contributed by atoms with Crippen molar-refractivity contribution in [1.29, 1.82) is 0 Å². The van der Waals surface area contributed by atoms with E-state index in [-0.39, 0.29) is 11.9 Å². The van der Waals surface area contributed by atoms with Gasteiger partial charge in [0.25, 0.3) is 0 Å². The van der Waals surface area contributed by atoms with Gasteiger partial charge in [0.15, 0.2) is 0 Å². The zero-order chi connectivity index (χ0) is 17.7. The Balaban J connectivity index is 2.89. The van der Waals surface area contributed by atoms with Gasteiger partial charge in [-0.15, -0.1) is 16.5 Å². The van der Waals surface area contributed by atoms with Crippen LogP contribution in [0.3, 0.4) is 0 Å². The molecule has 0 saturated heterocycles. The molecule has 1 saturated carbocycles. The number of halogens is 1. The van der Waals surface area contributed by atoms with E-state index in [0.717, 1.165) is 30.7 Å². The molecule has 0 radical (unpaired) electrons. The Morgan fingerprint density at radius 2 is 1.83 bits per heavy atom. The Morgan fingerprint density at radius 1 is 1.26 bits per heavy atom. The van der Waals surface area contributed by atoms with Crippen LogP contribution in [0.15, 0.2) is 5.29 Å². The minimum absolute atomic E-state index is 0.0766. The molecule has 1 atom stereocenters. The summed E-state index contributed by atoms with van der Waals surface area (Å²) in [5.74, 6) is 0.559. The van der Waals surface area contributed by atoms with E-state index in [2.05, 4.69) is 10.6 Å². The molecule has 134 valence electrons. The van der Waals surface area contributed by atoms with Crippen molar-refractivity contribution in [2.24, 2.45) is 5.29 Å². The molecule has 1 aliphatic rings. The van der Waals surface area contributed by atoms with E-state index in [1.807, 2.05) is 0 Å². The van der Waals surface area contributed by atoms with Crippen LogP contribution in [0.5, 0.6) is 0 Å². The van der Waals surface area contributed by atoms with E-state index in [1.165, 1.54) is 6.42 Å². The first-order valence-electron chi connectivity index (χ1n) is 8.07. The molecule has 1 fully saturated rings. The van der Waals surface area contributed by atoms with Crippen molar-refractivity contribution < 1.29 is 9.00 Å². The van der Waals surface area contributed by atoms with E-state index in [9.17, 15) is 13.9 Å². The number of urea groups is 1.